The predicted octanol–water partition coefficient (Wildman–Crippen LogP) is 1.95. The van der Waals surface area contributed by atoms with Crippen LogP contribution < -0.4 is 5.73 Å². The molecule has 0 radical (unpaired) electrons. The van der Waals surface area contributed by atoms with Crippen molar-refractivity contribution in [2.75, 3.05) is 0 Å². The molecular weight excluding hydrogens is 284 g/mol. The van der Waals surface area contributed by atoms with Crippen LogP contribution in [0.4, 0.5) is 0 Å². The van der Waals surface area contributed by atoms with Gasteiger partial charge >= 0.3 is 5.97 Å². The summed E-state index contributed by atoms with van der Waals surface area (Å²) in [5, 5.41) is 9.78. The summed E-state index contributed by atoms with van der Waals surface area (Å²) in [5.41, 5.74) is 7.17. The maximum absolute atomic E-state index is 10.8. The molecule has 0 aliphatic rings. The number of carbonyl (C=O) groups is 1. The lowest BCUT2D eigenvalue weighted by Crippen LogP contribution is -2.32. The van der Waals surface area contributed by atoms with Crippen LogP contribution in [0.1, 0.15) is 5.56 Å². The fourth-order valence-corrected chi connectivity index (χ4v) is 2.14. The van der Waals surface area contributed by atoms with E-state index in [1.807, 2.05) is 24.3 Å². The molecule has 0 unspecified atom stereocenters. The largest absolute Gasteiger partial charge is 0.480 e. The minimum absolute atomic E-state index is 0.274. The lowest BCUT2D eigenvalue weighted by atomic mass is 10.0. The monoisotopic (exact) mass is 294 g/mol. The molecule has 3 N–H and O–H groups in total. The van der Waals surface area contributed by atoms with Crippen molar-refractivity contribution < 1.29 is 9.90 Å². The Labute approximate surface area is 107 Å². The van der Waals surface area contributed by atoms with Crippen molar-refractivity contribution in [1.82, 2.24) is 4.98 Å². The number of nitrogens with zero attached hydrogens (tertiary/aromatic N) is 1. The number of aliphatic carboxylic acids is 1. The third-order valence-corrected chi connectivity index (χ3v) is 3.25. The van der Waals surface area contributed by atoms with Crippen LogP contribution >= 0.6 is 15.9 Å². The second-order valence-electron chi connectivity index (χ2n) is 3.75. The van der Waals surface area contributed by atoms with Gasteiger partial charge in [0.15, 0.2) is 0 Å². The van der Waals surface area contributed by atoms with Gasteiger partial charge in [-0.3, -0.25) is 9.78 Å². The van der Waals surface area contributed by atoms with Crippen LogP contribution in [-0.4, -0.2) is 22.1 Å². The first-order chi connectivity index (χ1) is 8.09. The van der Waals surface area contributed by atoms with Gasteiger partial charge in [0, 0.05) is 22.5 Å². The van der Waals surface area contributed by atoms with Gasteiger partial charge in [-0.15, -0.1) is 0 Å². The van der Waals surface area contributed by atoms with Crippen molar-refractivity contribution in [3.05, 3.63) is 40.5 Å². The number of halogens is 1. The van der Waals surface area contributed by atoms with Gasteiger partial charge in [-0.25, -0.2) is 0 Å². The van der Waals surface area contributed by atoms with E-state index in [9.17, 15) is 4.79 Å². The Balaban J connectivity index is 2.48. The molecule has 0 saturated heterocycles. The minimum Gasteiger partial charge on any atom is -0.480 e. The normalized spacial score (nSPS) is 12.6. The quantitative estimate of drug-likeness (QED) is 0.907. The van der Waals surface area contributed by atoms with Crippen LogP contribution in [0.3, 0.4) is 0 Å². The number of hydrogen-bond acceptors (Lipinski definition) is 3. The SMILES string of the molecule is N[C@@H](Cc1ccc(Br)c2cccnc12)C(=O)O. The Kier molecular flexibility index (Phi) is 3.40. The smallest absolute Gasteiger partial charge is 0.320 e. The van der Waals surface area contributed by atoms with Crippen molar-refractivity contribution in [2.24, 2.45) is 5.73 Å². The average molecular weight is 295 g/mol. The number of carboxylic acid groups (broad SMARTS) is 1. The van der Waals surface area contributed by atoms with E-state index in [2.05, 4.69) is 20.9 Å². The van der Waals surface area contributed by atoms with E-state index in [1.165, 1.54) is 0 Å². The van der Waals surface area contributed by atoms with E-state index in [-0.39, 0.29) is 6.42 Å². The molecule has 1 atom stereocenters. The minimum atomic E-state index is -1.00. The molecular formula is C12H11BrN2O2. The molecule has 2 aromatic rings. The molecule has 0 aliphatic heterocycles. The molecule has 1 heterocycles. The highest BCUT2D eigenvalue weighted by Crippen LogP contribution is 2.25. The molecule has 88 valence electrons. The zero-order chi connectivity index (χ0) is 12.4. The zero-order valence-electron chi connectivity index (χ0n) is 8.93. The van der Waals surface area contributed by atoms with E-state index in [0.717, 1.165) is 20.9 Å². The highest BCUT2D eigenvalue weighted by molar-refractivity contribution is 9.10. The fourth-order valence-electron chi connectivity index (χ4n) is 1.69. The van der Waals surface area contributed by atoms with Crippen LogP contribution in [0.5, 0.6) is 0 Å². The lowest BCUT2D eigenvalue weighted by Gasteiger charge is -2.09. The van der Waals surface area contributed by atoms with Gasteiger partial charge in [0.1, 0.15) is 6.04 Å². The molecule has 1 aromatic heterocycles. The highest BCUT2D eigenvalue weighted by atomic mass is 79.9. The first kappa shape index (κ1) is 12.0. The molecule has 17 heavy (non-hydrogen) atoms. The van der Waals surface area contributed by atoms with Crippen LogP contribution in [0.25, 0.3) is 10.9 Å². The van der Waals surface area contributed by atoms with E-state index < -0.39 is 12.0 Å². The topological polar surface area (TPSA) is 76.2 Å². The molecule has 0 amide bonds. The van der Waals surface area contributed by atoms with Crippen molar-refractivity contribution >= 4 is 32.8 Å². The number of benzene rings is 1. The summed E-state index contributed by atoms with van der Waals surface area (Å²) in [4.78, 5) is 15.0. The third kappa shape index (κ3) is 2.45. The second kappa shape index (κ2) is 4.81. The summed E-state index contributed by atoms with van der Waals surface area (Å²) in [6, 6.07) is 6.60. The Hall–Kier alpha value is -1.46. The molecule has 0 saturated carbocycles. The third-order valence-electron chi connectivity index (χ3n) is 2.56. The van der Waals surface area contributed by atoms with Gasteiger partial charge in [0.25, 0.3) is 0 Å². The van der Waals surface area contributed by atoms with E-state index >= 15 is 0 Å². The molecule has 0 aliphatic carbocycles. The van der Waals surface area contributed by atoms with Crippen LogP contribution in [0.15, 0.2) is 34.9 Å². The number of hydrogen-bond donors (Lipinski definition) is 2. The molecule has 0 bridgehead atoms. The first-order valence-electron chi connectivity index (χ1n) is 5.10. The number of fused-ring (bicyclic) bond motifs is 1. The first-order valence-corrected chi connectivity index (χ1v) is 5.89. The van der Waals surface area contributed by atoms with Gasteiger partial charge in [-0.1, -0.05) is 28.1 Å². The fraction of sp³-hybridized carbons (Fsp3) is 0.167. The van der Waals surface area contributed by atoms with Gasteiger partial charge < -0.3 is 10.8 Å². The van der Waals surface area contributed by atoms with E-state index in [1.54, 1.807) is 6.20 Å². The highest BCUT2D eigenvalue weighted by Gasteiger charge is 2.14. The maximum Gasteiger partial charge on any atom is 0.320 e. The van der Waals surface area contributed by atoms with Crippen LogP contribution in [0.2, 0.25) is 0 Å². The van der Waals surface area contributed by atoms with E-state index in [0.29, 0.717) is 0 Å². The number of pyridine rings is 1. The molecule has 2 rings (SSSR count). The second-order valence-corrected chi connectivity index (χ2v) is 4.61. The Bertz CT molecular complexity index is 571. The van der Waals surface area contributed by atoms with Gasteiger partial charge in [-0.2, -0.15) is 0 Å². The van der Waals surface area contributed by atoms with Crippen molar-refractivity contribution in [2.45, 2.75) is 12.5 Å². The molecule has 5 heteroatoms. The van der Waals surface area contributed by atoms with Crippen LogP contribution in [0, 0.1) is 0 Å². The average Bonchev–Trinajstić information content (AvgIpc) is 2.33. The summed E-state index contributed by atoms with van der Waals surface area (Å²) in [6.07, 6.45) is 1.96. The zero-order valence-corrected chi connectivity index (χ0v) is 10.5. The maximum atomic E-state index is 10.8. The molecule has 1 aromatic carbocycles. The number of carboxylic acids is 1. The van der Waals surface area contributed by atoms with E-state index in [4.69, 9.17) is 10.8 Å². The van der Waals surface area contributed by atoms with Gasteiger partial charge in [-0.05, 0) is 17.7 Å². The Morgan fingerprint density at radius 3 is 2.94 bits per heavy atom. The standard InChI is InChI=1S/C12H11BrN2O2/c13-9-4-3-7(6-10(14)12(16)17)11-8(9)2-1-5-15-11/h1-5,10H,6,14H2,(H,16,17)/t10-/m0/s1. The van der Waals surface area contributed by atoms with Crippen LogP contribution in [-0.2, 0) is 11.2 Å². The number of nitrogens with two attached hydrogens (primary N) is 1. The summed E-state index contributed by atoms with van der Waals surface area (Å²) in [5.74, 6) is -1.00. The van der Waals surface area contributed by atoms with Gasteiger partial charge in [0.2, 0.25) is 0 Å². The summed E-state index contributed by atoms with van der Waals surface area (Å²) in [7, 11) is 0. The summed E-state index contributed by atoms with van der Waals surface area (Å²) < 4.78 is 0.938. The number of rotatable bonds is 3. The Morgan fingerprint density at radius 1 is 1.47 bits per heavy atom. The Morgan fingerprint density at radius 2 is 2.24 bits per heavy atom. The number of aromatic nitrogens is 1. The van der Waals surface area contributed by atoms with Crippen molar-refractivity contribution in [3.8, 4) is 0 Å². The molecule has 4 nitrogen and oxygen atoms in total. The lowest BCUT2D eigenvalue weighted by molar-refractivity contribution is -0.138. The van der Waals surface area contributed by atoms with Crippen molar-refractivity contribution in [1.29, 1.82) is 0 Å². The predicted molar refractivity (Wildman–Crippen MR) is 68.8 cm³/mol. The molecule has 0 spiro atoms. The summed E-state index contributed by atoms with van der Waals surface area (Å²) in [6.45, 7) is 0. The van der Waals surface area contributed by atoms with Gasteiger partial charge in [0.05, 0.1) is 5.52 Å². The molecule has 0 fully saturated rings. The van der Waals surface area contributed by atoms with Crippen molar-refractivity contribution in [3.63, 3.8) is 0 Å². The summed E-state index contributed by atoms with van der Waals surface area (Å²) >= 11 is 3.44.